The fraction of sp³-hybridized carbons (Fsp3) is 0.176. The highest BCUT2D eigenvalue weighted by atomic mass is 32.1. The number of hydrogen-bond acceptors (Lipinski definition) is 5. The van der Waals surface area contributed by atoms with Gasteiger partial charge in [0.15, 0.2) is 5.76 Å². The van der Waals surface area contributed by atoms with Crippen molar-refractivity contribution in [3.05, 3.63) is 57.9 Å². The van der Waals surface area contributed by atoms with Gasteiger partial charge in [-0.25, -0.2) is 9.37 Å². The van der Waals surface area contributed by atoms with Crippen LogP contribution in [0.2, 0.25) is 0 Å². The highest BCUT2D eigenvalue weighted by Gasteiger charge is 2.14. The molecule has 7 heteroatoms. The fourth-order valence-electron chi connectivity index (χ4n) is 2.21. The van der Waals surface area contributed by atoms with Crippen LogP contribution >= 0.6 is 11.3 Å². The predicted octanol–water partition coefficient (Wildman–Crippen LogP) is 3.79. The Kier molecular flexibility index (Phi) is 4.61. The minimum absolute atomic E-state index is 0.138. The first kappa shape index (κ1) is 16.2. The summed E-state index contributed by atoms with van der Waals surface area (Å²) in [5.74, 6) is 0.604. The van der Waals surface area contributed by atoms with E-state index in [-0.39, 0.29) is 12.1 Å². The Bertz CT molecular complexity index is 872. The zero-order valence-corrected chi connectivity index (χ0v) is 13.9. The Morgan fingerprint density at radius 2 is 2.21 bits per heavy atom. The lowest BCUT2D eigenvalue weighted by Gasteiger charge is -2.08. The first-order valence-electron chi connectivity index (χ1n) is 7.20. The Morgan fingerprint density at radius 1 is 1.38 bits per heavy atom. The second-order valence-electron chi connectivity index (χ2n) is 5.05. The van der Waals surface area contributed by atoms with E-state index in [2.05, 4.69) is 10.3 Å². The molecule has 124 valence electrons. The van der Waals surface area contributed by atoms with E-state index < -0.39 is 11.7 Å². The van der Waals surface area contributed by atoms with Gasteiger partial charge < -0.3 is 14.5 Å². The number of ether oxygens (including phenoxy) is 1. The van der Waals surface area contributed by atoms with Gasteiger partial charge in [0.2, 0.25) is 0 Å². The molecule has 0 fully saturated rings. The van der Waals surface area contributed by atoms with Gasteiger partial charge in [0.05, 0.1) is 24.2 Å². The molecule has 0 bridgehead atoms. The second-order valence-corrected chi connectivity index (χ2v) is 6.11. The normalized spacial score (nSPS) is 10.6. The summed E-state index contributed by atoms with van der Waals surface area (Å²) in [6.45, 7) is 2.10. The third-order valence-electron chi connectivity index (χ3n) is 3.36. The van der Waals surface area contributed by atoms with Crippen LogP contribution in [0.15, 0.2) is 40.1 Å². The molecule has 5 nitrogen and oxygen atoms in total. The number of hydrogen-bond donors (Lipinski definition) is 1. The summed E-state index contributed by atoms with van der Waals surface area (Å²) in [5.41, 5.74) is 0.904. The van der Waals surface area contributed by atoms with Gasteiger partial charge in [-0.1, -0.05) is 0 Å². The molecule has 1 N–H and O–H groups in total. The number of rotatable bonds is 5. The molecule has 0 saturated carbocycles. The minimum atomic E-state index is -0.500. The second kappa shape index (κ2) is 6.84. The van der Waals surface area contributed by atoms with Crippen molar-refractivity contribution in [3.8, 4) is 17.2 Å². The molecule has 3 rings (SSSR count). The summed E-state index contributed by atoms with van der Waals surface area (Å²) in [4.78, 5) is 16.6. The number of carbonyl (C=O) groups is 1. The number of amides is 1. The van der Waals surface area contributed by atoms with Gasteiger partial charge in [-0.15, -0.1) is 11.3 Å². The van der Waals surface area contributed by atoms with Crippen molar-refractivity contribution in [2.75, 3.05) is 7.11 Å². The lowest BCUT2D eigenvalue weighted by molar-refractivity contribution is 0.0944. The predicted molar refractivity (Wildman–Crippen MR) is 88.7 cm³/mol. The maximum atomic E-state index is 13.3. The summed E-state index contributed by atoms with van der Waals surface area (Å²) < 4.78 is 24.1. The van der Waals surface area contributed by atoms with Crippen molar-refractivity contribution in [1.29, 1.82) is 0 Å². The largest absolute Gasteiger partial charge is 0.496 e. The van der Waals surface area contributed by atoms with Crippen LogP contribution in [0.1, 0.15) is 21.1 Å². The van der Waals surface area contributed by atoms with Gasteiger partial charge in [0.1, 0.15) is 23.0 Å². The molecular weight excluding hydrogens is 331 g/mol. The summed E-state index contributed by atoms with van der Waals surface area (Å²) in [6.07, 6.45) is 0. The topological polar surface area (TPSA) is 64.4 Å². The zero-order chi connectivity index (χ0) is 17.1. The summed E-state index contributed by atoms with van der Waals surface area (Å²) in [6, 6.07) is 7.37. The maximum Gasteiger partial charge on any atom is 0.255 e. The Labute approximate surface area is 142 Å². The van der Waals surface area contributed by atoms with Crippen LogP contribution in [-0.2, 0) is 6.54 Å². The summed E-state index contributed by atoms with van der Waals surface area (Å²) >= 11 is 1.54. The van der Waals surface area contributed by atoms with Crippen molar-refractivity contribution in [2.45, 2.75) is 13.5 Å². The molecule has 1 aromatic carbocycles. The van der Waals surface area contributed by atoms with E-state index in [0.29, 0.717) is 17.3 Å². The molecule has 0 radical (unpaired) electrons. The number of methoxy groups -OCH3 is 1. The van der Waals surface area contributed by atoms with Crippen LogP contribution in [-0.4, -0.2) is 18.0 Å². The molecule has 24 heavy (non-hydrogen) atoms. The molecule has 0 unspecified atom stereocenters. The highest BCUT2D eigenvalue weighted by molar-refractivity contribution is 7.09. The van der Waals surface area contributed by atoms with Crippen molar-refractivity contribution in [2.24, 2.45) is 0 Å². The van der Waals surface area contributed by atoms with E-state index in [9.17, 15) is 9.18 Å². The Balaban J connectivity index is 1.69. The smallest absolute Gasteiger partial charge is 0.255 e. The number of thiazole rings is 1. The fourth-order valence-corrected chi connectivity index (χ4v) is 2.81. The first-order valence-corrected chi connectivity index (χ1v) is 8.07. The average molecular weight is 346 g/mol. The third kappa shape index (κ3) is 3.46. The van der Waals surface area contributed by atoms with Crippen LogP contribution < -0.4 is 10.1 Å². The van der Waals surface area contributed by atoms with E-state index >= 15 is 0 Å². The van der Waals surface area contributed by atoms with Crippen LogP contribution in [0.5, 0.6) is 5.75 Å². The van der Waals surface area contributed by atoms with Crippen molar-refractivity contribution >= 4 is 17.2 Å². The quantitative estimate of drug-likeness (QED) is 0.763. The van der Waals surface area contributed by atoms with Crippen molar-refractivity contribution in [1.82, 2.24) is 10.3 Å². The zero-order valence-electron chi connectivity index (χ0n) is 13.1. The first-order chi connectivity index (χ1) is 11.6. The van der Waals surface area contributed by atoms with E-state index in [4.69, 9.17) is 9.15 Å². The van der Waals surface area contributed by atoms with Gasteiger partial charge >= 0.3 is 0 Å². The van der Waals surface area contributed by atoms with Gasteiger partial charge in [-0.05, 0) is 37.3 Å². The summed E-state index contributed by atoms with van der Waals surface area (Å²) in [5, 5.41) is 5.55. The molecule has 0 spiro atoms. The molecule has 0 aliphatic rings. The molecule has 2 aromatic heterocycles. The number of carbonyl (C=O) groups excluding carboxylic acids is 1. The molecule has 2 heterocycles. The van der Waals surface area contributed by atoms with Gasteiger partial charge in [-0.3, -0.25) is 4.79 Å². The third-order valence-corrected chi connectivity index (χ3v) is 4.14. The molecule has 3 aromatic rings. The van der Waals surface area contributed by atoms with Crippen molar-refractivity contribution in [3.63, 3.8) is 0 Å². The van der Waals surface area contributed by atoms with E-state index in [1.165, 1.54) is 30.6 Å². The Hall–Kier alpha value is -2.67. The molecule has 0 saturated heterocycles. The van der Waals surface area contributed by atoms with Gasteiger partial charge in [-0.2, -0.15) is 0 Å². The monoisotopic (exact) mass is 346 g/mol. The lowest BCUT2D eigenvalue weighted by Crippen LogP contribution is -2.23. The van der Waals surface area contributed by atoms with Crippen LogP contribution in [0.25, 0.3) is 11.5 Å². The molecule has 0 atom stereocenters. The highest BCUT2D eigenvalue weighted by Crippen LogP contribution is 2.24. The molecule has 0 aliphatic carbocycles. The molecular formula is C17H15FN2O3S. The number of benzene rings is 1. The van der Waals surface area contributed by atoms with Crippen LogP contribution in [0.4, 0.5) is 4.39 Å². The maximum absolute atomic E-state index is 13.3. The SMILES string of the molecule is COc1ccc(F)cc1C(=O)NCc1ccc(-c2csc(C)n2)o1. The molecule has 0 aliphatic heterocycles. The van der Waals surface area contributed by atoms with E-state index in [0.717, 1.165) is 16.8 Å². The van der Waals surface area contributed by atoms with Gasteiger partial charge in [0.25, 0.3) is 5.91 Å². The van der Waals surface area contributed by atoms with Crippen LogP contribution in [0.3, 0.4) is 0 Å². The number of nitrogens with one attached hydrogen (secondary N) is 1. The number of aryl methyl sites for hydroxylation is 1. The minimum Gasteiger partial charge on any atom is -0.496 e. The van der Waals surface area contributed by atoms with E-state index in [1.807, 2.05) is 12.3 Å². The van der Waals surface area contributed by atoms with E-state index in [1.54, 1.807) is 12.1 Å². The average Bonchev–Trinajstić information content (AvgIpc) is 3.21. The van der Waals surface area contributed by atoms with Crippen LogP contribution in [0, 0.1) is 12.7 Å². The lowest BCUT2D eigenvalue weighted by atomic mass is 10.2. The standard InChI is InChI=1S/C17H15FN2O3S/c1-10-20-14(9-24-10)16-6-4-12(23-16)8-19-17(21)13-7-11(18)3-5-15(13)22-2/h3-7,9H,8H2,1-2H3,(H,19,21). The number of nitrogens with zero attached hydrogens (tertiary/aromatic N) is 1. The number of halogens is 1. The molecule has 1 amide bonds. The summed E-state index contributed by atoms with van der Waals surface area (Å²) in [7, 11) is 1.43. The number of furan rings is 1. The van der Waals surface area contributed by atoms with Crippen molar-refractivity contribution < 1.29 is 18.3 Å². The number of aromatic nitrogens is 1. The van der Waals surface area contributed by atoms with Gasteiger partial charge in [0, 0.05) is 5.38 Å². The Morgan fingerprint density at radius 3 is 2.92 bits per heavy atom.